The number of carboxylic acid groups (broad SMARTS) is 2. The molecule has 0 fully saturated rings. The molecular weight excluding hydrogens is 1550 g/mol. The van der Waals surface area contributed by atoms with E-state index in [4.69, 9.17) is 61.4 Å². The fraction of sp³-hybridized carbons (Fsp3) is 0.312. The molecule has 0 bridgehead atoms. The van der Waals surface area contributed by atoms with Gasteiger partial charge in [0.2, 0.25) is 0 Å². The molecular formula is C80H74Cl4F9N5O11S. The van der Waals surface area contributed by atoms with E-state index in [0.29, 0.717) is 46.4 Å². The second-order valence-corrected chi connectivity index (χ2v) is 29.3. The summed E-state index contributed by atoms with van der Waals surface area (Å²) >= 11 is 25.1. The molecule has 582 valence electrons. The van der Waals surface area contributed by atoms with E-state index in [1.807, 2.05) is 106 Å². The van der Waals surface area contributed by atoms with Crippen molar-refractivity contribution >= 4 is 86.4 Å². The van der Waals surface area contributed by atoms with Crippen LogP contribution < -0.4 is 9.50 Å². The van der Waals surface area contributed by atoms with E-state index in [1.54, 1.807) is 17.0 Å². The number of ether oxygens (including phenoxy) is 1. The van der Waals surface area contributed by atoms with Crippen molar-refractivity contribution in [2.24, 2.45) is 0 Å². The van der Waals surface area contributed by atoms with Gasteiger partial charge in [0.05, 0.1) is 27.9 Å². The molecule has 1 aromatic heterocycles. The van der Waals surface area contributed by atoms with Crippen LogP contribution in [0.4, 0.5) is 44.3 Å². The van der Waals surface area contributed by atoms with Crippen molar-refractivity contribution in [3.05, 3.63) is 239 Å². The first-order valence-corrected chi connectivity index (χ1v) is 37.3. The molecule has 0 unspecified atom stereocenters. The van der Waals surface area contributed by atoms with Crippen molar-refractivity contribution in [3.8, 4) is 51.7 Å². The van der Waals surface area contributed by atoms with Gasteiger partial charge >= 0.3 is 57.8 Å². The highest BCUT2D eigenvalue weighted by Crippen LogP contribution is 2.42. The third kappa shape index (κ3) is 24.2. The summed E-state index contributed by atoms with van der Waals surface area (Å²) in [6.07, 6.45) is -2.99. The maximum absolute atomic E-state index is 12.7. The molecule has 0 aliphatic carbocycles. The Hall–Kier alpha value is -9.67. The number of alkyl halides is 9. The molecule has 3 amide bonds. The van der Waals surface area contributed by atoms with Crippen LogP contribution in [0.3, 0.4) is 0 Å². The molecule has 0 saturated carbocycles. The molecule has 7 aromatic carbocycles. The summed E-state index contributed by atoms with van der Waals surface area (Å²) in [6.45, 7) is 8.10. The van der Waals surface area contributed by atoms with Gasteiger partial charge in [-0.1, -0.05) is 161 Å². The van der Waals surface area contributed by atoms with Crippen LogP contribution >= 0.6 is 46.4 Å². The van der Waals surface area contributed by atoms with E-state index in [2.05, 4.69) is 80.9 Å². The van der Waals surface area contributed by atoms with Crippen molar-refractivity contribution in [3.63, 3.8) is 0 Å². The van der Waals surface area contributed by atoms with Crippen molar-refractivity contribution in [1.29, 1.82) is 0 Å². The molecule has 0 spiro atoms. The number of fused-ring (bicyclic) bond motifs is 4. The van der Waals surface area contributed by atoms with E-state index in [-0.39, 0.29) is 69.0 Å². The van der Waals surface area contributed by atoms with Crippen LogP contribution in [-0.4, -0.2) is 144 Å². The molecule has 5 heterocycles. The van der Waals surface area contributed by atoms with Crippen LogP contribution in [0.1, 0.15) is 100 Å². The zero-order chi connectivity index (χ0) is 80.3. The maximum atomic E-state index is 12.7. The zero-order valence-electron chi connectivity index (χ0n) is 59.4. The Labute approximate surface area is 649 Å². The van der Waals surface area contributed by atoms with Crippen molar-refractivity contribution in [2.45, 2.75) is 108 Å². The number of halogens is 13. The number of nitrogens with zero attached hydrogens (tertiary/aromatic N) is 3. The Morgan fingerprint density at radius 2 is 0.855 bits per heavy atom. The van der Waals surface area contributed by atoms with Gasteiger partial charge in [-0.15, -0.1) is 0 Å². The van der Waals surface area contributed by atoms with Crippen LogP contribution in [0, 0.1) is 23.7 Å². The highest BCUT2D eigenvalue weighted by atomic mass is 35.5. The predicted octanol–water partition coefficient (Wildman–Crippen LogP) is 17.0. The van der Waals surface area contributed by atoms with Crippen LogP contribution in [0.25, 0.3) is 22.3 Å². The molecule has 0 radical (unpaired) electrons. The number of aromatic amines is 1. The quantitative estimate of drug-likeness (QED) is 0.0507. The number of aromatic nitrogens is 1. The van der Waals surface area contributed by atoms with E-state index in [1.165, 1.54) is 45.0 Å². The number of amides is 3. The normalized spacial score (nSPS) is 14.1. The number of nitrogens with one attached hydrogen (secondary N) is 2. The number of rotatable bonds is 7. The van der Waals surface area contributed by atoms with Crippen LogP contribution in [0.5, 0.6) is 5.75 Å². The molecule has 0 saturated heterocycles. The number of carbonyl (C=O) groups excluding carboxylic acids is 3. The lowest BCUT2D eigenvalue weighted by Crippen LogP contribution is -2.42. The van der Waals surface area contributed by atoms with Crippen LogP contribution in [-0.2, 0) is 85.4 Å². The zero-order valence-corrected chi connectivity index (χ0v) is 63.2. The lowest BCUT2D eigenvalue weighted by Gasteiger charge is -2.26. The second-order valence-electron chi connectivity index (χ2n) is 26.1. The molecule has 30 heteroatoms. The summed E-state index contributed by atoms with van der Waals surface area (Å²) in [5.74, 6) is 5.69. The summed E-state index contributed by atoms with van der Waals surface area (Å²) in [6, 6.07) is 43.8. The van der Waals surface area contributed by atoms with E-state index >= 15 is 0 Å². The van der Waals surface area contributed by atoms with Crippen molar-refractivity contribution in [1.82, 2.24) is 25.0 Å². The molecule has 16 nitrogen and oxygen atoms in total. The first kappa shape index (κ1) is 85.9. The Kier molecular flexibility index (Phi) is 29.9. The number of benzene rings is 7. The van der Waals surface area contributed by atoms with Gasteiger partial charge in [-0.3, -0.25) is 19.2 Å². The third-order valence-corrected chi connectivity index (χ3v) is 19.6. The van der Waals surface area contributed by atoms with Gasteiger partial charge < -0.3 is 44.1 Å². The summed E-state index contributed by atoms with van der Waals surface area (Å²) in [7, 11) is -6.02. The fourth-order valence-electron chi connectivity index (χ4n) is 12.1. The smallest absolute Gasteiger partial charge is 0.481 e. The summed E-state index contributed by atoms with van der Waals surface area (Å²) < 4.78 is 145. The average Bonchev–Trinajstić information content (AvgIpc) is 1.51. The number of H-pyrrole nitrogens is 1. The standard InChI is InChI=1S/C23H24ClNO2.C20H15ClF3NO.C20H19ClN2.C13H10ClF6NO4S.C4H6O4/c1-23(2,3)27-22(26)25-15-13-18-10-12-21(24)20(19(18)14-16-25)11-9-17-7-5-4-6-8-17;21-18-9-7-15-10-12-25(19(26)20(22,23)24)13-11-16(15)17(18)8-6-14-4-2-1-3-5-14;21-19-7-6-15-8-10-22-11-9-16(15)20(19)18-13-23-12-17(18)14-4-2-1-3-5-14;14-9-2-1-7-3-5-21(11(22)12(15,16)17)6-4-8(7)10(9)25-26(23,24)13(18,19)20;5-3(6)1-2-4(7)8/h4-8,10,12H,13-16H2,1-3H3;1-5,7,9H,10-13H2;1-7,12-13,22-23H,8-11H2;1-2H,3-6H2;1-2H2,(H,5,6)(H,7,8). The van der Waals surface area contributed by atoms with E-state index < -0.39 is 74.6 Å². The minimum atomic E-state index is -6.02. The SMILES string of the molecule is CC(C)(C)OC(=O)N1CCc2ccc(Cl)c(C#Cc3ccccc3)c2CC1.Clc1ccc2c(c1-c1c[nH]cc1-c1ccccc1)CCNCC2.O=C(N1CCc2ccc(Cl)c(C#Cc3ccccc3)c2CC1)C(F)(F)F.O=C(N1CCc2ccc(Cl)c(OS(=O)(=O)C(F)(F)F)c2CC1)C(F)(F)F.O=C(O)CCC(=O)O. The highest BCUT2D eigenvalue weighted by molar-refractivity contribution is 7.88. The monoisotopic (exact) mass is 1620 g/mol. The predicted molar refractivity (Wildman–Crippen MR) is 402 cm³/mol. The van der Waals surface area contributed by atoms with Gasteiger partial charge in [-0.25, -0.2) is 4.79 Å². The van der Waals surface area contributed by atoms with Gasteiger partial charge in [0.25, 0.3) is 0 Å². The third-order valence-electron chi connectivity index (χ3n) is 17.4. The number of aliphatic carboxylic acids is 2. The van der Waals surface area contributed by atoms with Gasteiger partial charge in [0.15, 0.2) is 5.75 Å². The largest absolute Gasteiger partial charge is 0.534 e. The minimum Gasteiger partial charge on any atom is -0.481 e. The summed E-state index contributed by atoms with van der Waals surface area (Å²) in [5, 5.41) is 20.8. The summed E-state index contributed by atoms with van der Waals surface area (Å²) in [5.41, 5.74) is 8.83. The van der Waals surface area contributed by atoms with Crippen LogP contribution in [0.15, 0.2) is 152 Å². The first-order chi connectivity index (χ1) is 51.9. The lowest BCUT2D eigenvalue weighted by molar-refractivity contribution is -0.185. The van der Waals surface area contributed by atoms with Crippen molar-refractivity contribution in [2.75, 3.05) is 52.4 Å². The first-order valence-electron chi connectivity index (χ1n) is 34.3. The molecule has 12 rings (SSSR count). The number of hydrogen-bond acceptors (Lipinski definition) is 10. The molecule has 4 aliphatic heterocycles. The summed E-state index contributed by atoms with van der Waals surface area (Å²) in [4.78, 5) is 61.0. The molecule has 0 atom stereocenters. The van der Waals surface area contributed by atoms with Crippen molar-refractivity contribution < 1.29 is 91.0 Å². The lowest BCUT2D eigenvalue weighted by atomic mass is 9.90. The van der Waals surface area contributed by atoms with E-state index in [9.17, 15) is 71.9 Å². The van der Waals surface area contributed by atoms with Gasteiger partial charge in [-0.05, 0) is 178 Å². The minimum absolute atomic E-state index is 0.00823. The molecule has 4 N–H and O–H groups in total. The topological polar surface area (TPSA) is 216 Å². The average molecular weight is 1630 g/mol. The van der Waals surface area contributed by atoms with Crippen LogP contribution in [0.2, 0.25) is 20.1 Å². The highest BCUT2D eigenvalue weighted by Gasteiger charge is 2.50. The Balaban J connectivity index is 0.000000178. The maximum Gasteiger partial charge on any atom is 0.534 e. The van der Waals surface area contributed by atoms with Gasteiger partial charge in [-0.2, -0.15) is 47.9 Å². The Bertz CT molecular complexity index is 4850. The number of hydrogen-bond donors (Lipinski definition) is 4. The van der Waals surface area contributed by atoms with Gasteiger partial charge in [0, 0.05) is 101 Å². The Morgan fingerprint density at radius 3 is 1.31 bits per heavy atom. The second kappa shape index (κ2) is 38.3. The molecule has 4 aliphatic rings. The fourth-order valence-corrected chi connectivity index (χ4v) is 13.6. The molecule has 8 aromatic rings. The van der Waals surface area contributed by atoms with E-state index in [0.717, 1.165) is 81.7 Å². The Morgan fingerprint density at radius 1 is 0.464 bits per heavy atom. The molecule has 110 heavy (non-hydrogen) atoms. The number of carboxylic acids is 2. The van der Waals surface area contributed by atoms with Gasteiger partial charge in [0.1, 0.15) is 5.60 Å². The number of carbonyl (C=O) groups is 5.